The van der Waals surface area contributed by atoms with E-state index in [4.69, 9.17) is 10.5 Å². The molecule has 0 saturated carbocycles. The van der Waals surface area contributed by atoms with Gasteiger partial charge in [0.25, 0.3) is 0 Å². The molecule has 2 aromatic rings. The standard InChI is InChI=1S/C13H18N4O2S/c1-4-8-6-15-10(20-8)7-17-9(5-2)16-11(12(17)14)13(18)19-3/h6H,4-5,7,14H2,1-3H3. The number of hydrogen-bond donors (Lipinski definition) is 1. The summed E-state index contributed by atoms with van der Waals surface area (Å²) >= 11 is 1.65. The van der Waals surface area contributed by atoms with Crippen LogP contribution in [0.5, 0.6) is 0 Å². The van der Waals surface area contributed by atoms with E-state index < -0.39 is 5.97 Å². The maximum atomic E-state index is 11.6. The van der Waals surface area contributed by atoms with Gasteiger partial charge < -0.3 is 15.0 Å². The van der Waals surface area contributed by atoms with Crippen LogP contribution in [0.25, 0.3) is 0 Å². The van der Waals surface area contributed by atoms with E-state index in [1.807, 2.05) is 17.7 Å². The number of carbonyl (C=O) groups excluding carboxylic acids is 1. The Bertz CT molecular complexity index is 618. The van der Waals surface area contributed by atoms with E-state index in [0.29, 0.717) is 18.8 Å². The third-order valence-electron chi connectivity index (χ3n) is 3.02. The Morgan fingerprint density at radius 2 is 2.20 bits per heavy atom. The zero-order chi connectivity index (χ0) is 14.7. The van der Waals surface area contributed by atoms with Crippen molar-refractivity contribution < 1.29 is 9.53 Å². The molecule has 0 fully saturated rings. The number of esters is 1. The zero-order valence-corrected chi connectivity index (χ0v) is 12.7. The molecule has 6 nitrogen and oxygen atoms in total. The molecule has 0 aliphatic rings. The lowest BCUT2D eigenvalue weighted by Gasteiger charge is -2.06. The minimum absolute atomic E-state index is 0.177. The molecule has 0 saturated heterocycles. The number of aryl methyl sites for hydroxylation is 2. The van der Waals surface area contributed by atoms with Gasteiger partial charge in [0.1, 0.15) is 16.6 Å². The largest absolute Gasteiger partial charge is 0.464 e. The molecule has 2 heterocycles. The van der Waals surface area contributed by atoms with Crippen molar-refractivity contribution in [3.8, 4) is 0 Å². The van der Waals surface area contributed by atoms with E-state index in [1.54, 1.807) is 11.3 Å². The topological polar surface area (TPSA) is 83.0 Å². The molecule has 0 spiro atoms. The minimum atomic E-state index is -0.510. The molecule has 20 heavy (non-hydrogen) atoms. The lowest BCUT2D eigenvalue weighted by molar-refractivity contribution is 0.0595. The van der Waals surface area contributed by atoms with Crippen LogP contribution in [0.2, 0.25) is 0 Å². The zero-order valence-electron chi connectivity index (χ0n) is 11.8. The molecule has 2 N–H and O–H groups in total. The van der Waals surface area contributed by atoms with E-state index in [-0.39, 0.29) is 5.69 Å². The normalized spacial score (nSPS) is 10.8. The summed E-state index contributed by atoms with van der Waals surface area (Å²) in [5.74, 6) is 0.586. The number of carbonyl (C=O) groups is 1. The fourth-order valence-corrected chi connectivity index (χ4v) is 2.78. The minimum Gasteiger partial charge on any atom is -0.464 e. The molecule has 7 heteroatoms. The van der Waals surface area contributed by atoms with Crippen LogP contribution >= 0.6 is 11.3 Å². The number of thiazole rings is 1. The summed E-state index contributed by atoms with van der Waals surface area (Å²) in [6.45, 7) is 4.60. The van der Waals surface area contributed by atoms with Gasteiger partial charge in [-0.15, -0.1) is 11.3 Å². The molecule has 0 amide bonds. The third-order valence-corrected chi connectivity index (χ3v) is 4.15. The Morgan fingerprint density at radius 3 is 2.75 bits per heavy atom. The summed E-state index contributed by atoms with van der Waals surface area (Å²) < 4.78 is 6.52. The molecular formula is C13H18N4O2S. The van der Waals surface area contributed by atoms with Crippen molar-refractivity contribution in [2.24, 2.45) is 0 Å². The maximum Gasteiger partial charge on any atom is 0.360 e. The number of nitrogen functional groups attached to an aromatic ring is 1. The lowest BCUT2D eigenvalue weighted by Crippen LogP contribution is -2.10. The van der Waals surface area contributed by atoms with Crippen LogP contribution in [0, 0.1) is 0 Å². The van der Waals surface area contributed by atoms with Gasteiger partial charge in [-0.2, -0.15) is 0 Å². The van der Waals surface area contributed by atoms with Gasteiger partial charge in [-0.25, -0.2) is 14.8 Å². The highest BCUT2D eigenvalue weighted by Crippen LogP contribution is 2.21. The smallest absolute Gasteiger partial charge is 0.360 e. The first-order valence-corrected chi connectivity index (χ1v) is 7.29. The maximum absolute atomic E-state index is 11.6. The molecule has 0 aliphatic heterocycles. The first kappa shape index (κ1) is 14.5. The van der Waals surface area contributed by atoms with Gasteiger partial charge in [-0.05, 0) is 6.42 Å². The molecule has 0 bridgehead atoms. The lowest BCUT2D eigenvalue weighted by atomic mass is 10.4. The van der Waals surface area contributed by atoms with Crippen molar-refractivity contribution in [2.45, 2.75) is 33.2 Å². The predicted molar refractivity (Wildman–Crippen MR) is 78.0 cm³/mol. The number of methoxy groups -OCH3 is 1. The number of hydrogen-bond acceptors (Lipinski definition) is 6. The van der Waals surface area contributed by atoms with Crippen LogP contribution in [0.15, 0.2) is 6.20 Å². The molecule has 0 unspecified atom stereocenters. The van der Waals surface area contributed by atoms with Gasteiger partial charge in [0.05, 0.1) is 13.7 Å². The van der Waals surface area contributed by atoms with Crippen molar-refractivity contribution >= 4 is 23.1 Å². The molecular weight excluding hydrogens is 276 g/mol. The summed E-state index contributed by atoms with van der Waals surface area (Å²) in [5.41, 5.74) is 6.20. The number of aromatic nitrogens is 3. The quantitative estimate of drug-likeness (QED) is 0.851. The molecule has 2 rings (SSSR count). The van der Waals surface area contributed by atoms with E-state index in [2.05, 4.69) is 16.9 Å². The predicted octanol–water partition coefficient (Wildman–Crippen LogP) is 1.88. The highest BCUT2D eigenvalue weighted by atomic mass is 32.1. The highest BCUT2D eigenvalue weighted by molar-refractivity contribution is 7.11. The Labute approximate surface area is 121 Å². The van der Waals surface area contributed by atoms with Crippen molar-refractivity contribution in [1.29, 1.82) is 0 Å². The van der Waals surface area contributed by atoms with Gasteiger partial charge in [0.15, 0.2) is 5.69 Å². The van der Waals surface area contributed by atoms with E-state index >= 15 is 0 Å². The Balaban J connectivity index is 2.35. The molecule has 0 aliphatic carbocycles. The van der Waals surface area contributed by atoms with Crippen LogP contribution in [0.1, 0.15) is 40.0 Å². The first-order chi connectivity index (χ1) is 9.60. The van der Waals surface area contributed by atoms with Crippen molar-refractivity contribution in [3.63, 3.8) is 0 Å². The fourth-order valence-electron chi connectivity index (χ4n) is 1.93. The van der Waals surface area contributed by atoms with Gasteiger partial charge in [0, 0.05) is 17.5 Å². The second kappa shape index (κ2) is 6.04. The molecule has 0 atom stereocenters. The number of imidazole rings is 1. The highest BCUT2D eigenvalue weighted by Gasteiger charge is 2.20. The van der Waals surface area contributed by atoms with E-state index in [1.165, 1.54) is 12.0 Å². The average molecular weight is 294 g/mol. The van der Waals surface area contributed by atoms with Gasteiger partial charge in [0.2, 0.25) is 0 Å². The van der Waals surface area contributed by atoms with Crippen LogP contribution in [0.4, 0.5) is 5.82 Å². The van der Waals surface area contributed by atoms with Crippen molar-refractivity contribution in [2.75, 3.05) is 12.8 Å². The molecule has 0 radical (unpaired) electrons. The number of nitrogens with zero attached hydrogens (tertiary/aromatic N) is 3. The molecule has 2 aromatic heterocycles. The van der Waals surface area contributed by atoms with E-state index in [9.17, 15) is 4.79 Å². The summed E-state index contributed by atoms with van der Waals surface area (Å²) in [6.07, 6.45) is 3.53. The first-order valence-electron chi connectivity index (χ1n) is 6.47. The van der Waals surface area contributed by atoms with Crippen LogP contribution in [-0.2, 0) is 24.1 Å². The van der Waals surface area contributed by atoms with Crippen LogP contribution in [-0.4, -0.2) is 27.6 Å². The van der Waals surface area contributed by atoms with Gasteiger partial charge in [-0.1, -0.05) is 13.8 Å². The monoisotopic (exact) mass is 294 g/mol. The molecule has 108 valence electrons. The summed E-state index contributed by atoms with van der Waals surface area (Å²) in [4.78, 5) is 21.5. The summed E-state index contributed by atoms with van der Waals surface area (Å²) in [6, 6.07) is 0. The molecule has 0 aromatic carbocycles. The van der Waals surface area contributed by atoms with Crippen LogP contribution < -0.4 is 5.73 Å². The number of anilines is 1. The summed E-state index contributed by atoms with van der Waals surface area (Å²) in [7, 11) is 1.32. The fraction of sp³-hybridized carbons (Fsp3) is 0.462. The second-order valence-corrected chi connectivity index (χ2v) is 5.47. The van der Waals surface area contributed by atoms with Crippen molar-refractivity contribution in [3.05, 3.63) is 27.6 Å². The third kappa shape index (κ3) is 2.67. The van der Waals surface area contributed by atoms with E-state index in [0.717, 1.165) is 17.3 Å². The summed E-state index contributed by atoms with van der Waals surface area (Å²) in [5, 5.41) is 0.956. The Hall–Kier alpha value is -1.89. The number of ether oxygens (including phenoxy) is 1. The Kier molecular flexibility index (Phi) is 4.39. The SMILES string of the molecule is CCc1cnc(Cn2c(CC)nc(C(=O)OC)c2N)s1. The average Bonchev–Trinajstić information content (AvgIpc) is 3.04. The number of rotatable bonds is 5. The Morgan fingerprint density at radius 1 is 1.45 bits per heavy atom. The number of nitrogens with two attached hydrogens (primary N) is 1. The van der Waals surface area contributed by atoms with Crippen LogP contribution in [0.3, 0.4) is 0 Å². The van der Waals surface area contributed by atoms with Gasteiger partial charge >= 0.3 is 5.97 Å². The van der Waals surface area contributed by atoms with Gasteiger partial charge in [-0.3, -0.25) is 0 Å². The van der Waals surface area contributed by atoms with Crippen molar-refractivity contribution in [1.82, 2.24) is 14.5 Å². The second-order valence-electron chi connectivity index (χ2n) is 4.27.